The fourth-order valence-corrected chi connectivity index (χ4v) is 4.84. The Kier molecular flexibility index (Phi) is 5.86. The first-order valence-electron chi connectivity index (χ1n) is 6.92. The third kappa shape index (κ3) is 4.00. The SMILES string of the molecule is C[C@@H](C#N)CN1CCN(S(=O)(=O)c2ccc(Br)cc2Cl)CC1. The second kappa shape index (κ2) is 7.28. The maximum Gasteiger partial charge on any atom is 0.244 e. The van der Waals surface area contributed by atoms with Crippen molar-refractivity contribution in [2.75, 3.05) is 32.7 Å². The van der Waals surface area contributed by atoms with Crippen molar-refractivity contribution in [3.05, 3.63) is 27.7 Å². The normalized spacial score (nSPS) is 18.8. The van der Waals surface area contributed by atoms with Gasteiger partial charge in [-0.1, -0.05) is 27.5 Å². The predicted octanol–water partition coefficient (Wildman–Crippen LogP) is 2.57. The molecule has 1 aromatic carbocycles. The largest absolute Gasteiger partial charge is 0.299 e. The maximum absolute atomic E-state index is 12.7. The van der Waals surface area contributed by atoms with E-state index in [0.29, 0.717) is 32.7 Å². The highest BCUT2D eigenvalue weighted by Gasteiger charge is 2.30. The van der Waals surface area contributed by atoms with Crippen molar-refractivity contribution in [3.63, 3.8) is 0 Å². The van der Waals surface area contributed by atoms with E-state index in [1.807, 2.05) is 6.92 Å². The summed E-state index contributed by atoms with van der Waals surface area (Å²) in [5.41, 5.74) is 0. The number of hydrogen-bond acceptors (Lipinski definition) is 4. The molecule has 120 valence electrons. The van der Waals surface area contributed by atoms with Gasteiger partial charge in [-0.2, -0.15) is 9.57 Å². The number of hydrogen-bond donors (Lipinski definition) is 0. The average molecular weight is 407 g/mol. The molecule has 1 fully saturated rings. The number of piperazine rings is 1. The highest BCUT2D eigenvalue weighted by Crippen LogP contribution is 2.28. The minimum Gasteiger partial charge on any atom is -0.299 e. The summed E-state index contributed by atoms with van der Waals surface area (Å²) < 4.78 is 27.5. The predicted molar refractivity (Wildman–Crippen MR) is 89.1 cm³/mol. The van der Waals surface area contributed by atoms with Crippen molar-refractivity contribution in [2.24, 2.45) is 5.92 Å². The van der Waals surface area contributed by atoms with Gasteiger partial charge < -0.3 is 0 Å². The number of sulfonamides is 1. The molecule has 0 saturated carbocycles. The minimum absolute atomic E-state index is 0.0518. The van der Waals surface area contributed by atoms with Crippen molar-refractivity contribution < 1.29 is 8.42 Å². The molecule has 1 saturated heterocycles. The lowest BCUT2D eigenvalue weighted by Gasteiger charge is -2.34. The van der Waals surface area contributed by atoms with E-state index in [1.165, 1.54) is 10.4 Å². The zero-order valence-corrected chi connectivity index (χ0v) is 15.3. The van der Waals surface area contributed by atoms with Gasteiger partial charge in [-0.15, -0.1) is 0 Å². The molecule has 0 bridgehead atoms. The van der Waals surface area contributed by atoms with E-state index in [9.17, 15) is 8.42 Å². The van der Waals surface area contributed by atoms with Gasteiger partial charge in [0.1, 0.15) is 4.90 Å². The Morgan fingerprint density at radius 3 is 2.55 bits per heavy atom. The summed E-state index contributed by atoms with van der Waals surface area (Å²) in [5.74, 6) is -0.0518. The van der Waals surface area contributed by atoms with E-state index in [0.717, 1.165) is 4.47 Å². The van der Waals surface area contributed by atoms with Gasteiger partial charge in [0.15, 0.2) is 0 Å². The lowest BCUT2D eigenvalue weighted by atomic mass is 10.2. The van der Waals surface area contributed by atoms with Crippen molar-refractivity contribution in [1.29, 1.82) is 5.26 Å². The van der Waals surface area contributed by atoms with Gasteiger partial charge in [-0.05, 0) is 25.1 Å². The number of nitriles is 1. The summed E-state index contributed by atoms with van der Waals surface area (Å²) in [6.07, 6.45) is 0. The van der Waals surface area contributed by atoms with Crippen LogP contribution in [-0.4, -0.2) is 50.3 Å². The van der Waals surface area contributed by atoms with Gasteiger partial charge in [-0.25, -0.2) is 8.42 Å². The van der Waals surface area contributed by atoms with Crippen LogP contribution in [0.4, 0.5) is 0 Å². The molecule has 1 aromatic rings. The molecular weight excluding hydrogens is 390 g/mol. The lowest BCUT2D eigenvalue weighted by molar-refractivity contribution is 0.178. The third-order valence-electron chi connectivity index (χ3n) is 3.60. The Morgan fingerprint density at radius 1 is 1.36 bits per heavy atom. The fraction of sp³-hybridized carbons (Fsp3) is 0.500. The van der Waals surface area contributed by atoms with Gasteiger partial charge in [0.25, 0.3) is 0 Å². The van der Waals surface area contributed by atoms with E-state index in [2.05, 4.69) is 26.9 Å². The van der Waals surface area contributed by atoms with E-state index in [-0.39, 0.29) is 15.8 Å². The summed E-state index contributed by atoms with van der Waals surface area (Å²) in [6, 6.07) is 6.97. The second-order valence-electron chi connectivity index (χ2n) is 5.31. The molecule has 0 unspecified atom stereocenters. The van der Waals surface area contributed by atoms with Gasteiger partial charge in [0.05, 0.1) is 17.0 Å². The Hall–Kier alpha value is -0.650. The number of rotatable bonds is 4. The highest BCUT2D eigenvalue weighted by molar-refractivity contribution is 9.10. The second-order valence-corrected chi connectivity index (χ2v) is 8.54. The lowest BCUT2D eigenvalue weighted by Crippen LogP contribution is -2.49. The minimum atomic E-state index is -3.58. The molecule has 0 radical (unpaired) electrons. The summed E-state index contributed by atoms with van der Waals surface area (Å²) in [6.45, 7) is 4.60. The van der Waals surface area contributed by atoms with Gasteiger partial charge in [-0.3, -0.25) is 4.90 Å². The molecule has 0 N–H and O–H groups in total. The number of nitrogens with zero attached hydrogens (tertiary/aromatic N) is 3. The molecule has 22 heavy (non-hydrogen) atoms. The first-order valence-corrected chi connectivity index (χ1v) is 9.53. The number of halogens is 2. The first kappa shape index (κ1) is 17.7. The summed E-state index contributed by atoms with van der Waals surface area (Å²) in [7, 11) is -3.58. The summed E-state index contributed by atoms with van der Waals surface area (Å²) in [4.78, 5) is 2.25. The standard InChI is InChI=1S/C14H17BrClN3O2S/c1-11(9-17)10-18-4-6-19(7-5-18)22(20,21)14-3-2-12(15)8-13(14)16/h2-3,8,11H,4-7,10H2,1H3/t11-/m0/s1. The van der Waals surface area contributed by atoms with Crippen molar-refractivity contribution in [2.45, 2.75) is 11.8 Å². The molecule has 0 amide bonds. The average Bonchev–Trinajstić information content (AvgIpc) is 2.47. The van der Waals surface area contributed by atoms with Crippen LogP contribution < -0.4 is 0 Å². The smallest absolute Gasteiger partial charge is 0.244 e. The Bertz CT molecular complexity index is 682. The molecular formula is C14H17BrClN3O2S. The first-order chi connectivity index (χ1) is 10.3. The van der Waals surface area contributed by atoms with Crippen molar-refractivity contribution >= 4 is 37.6 Å². The molecule has 0 spiro atoms. The maximum atomic E-state index is 12.7. The van der Waals surface area contributed by atoms with Crippen LogP contribution in [0.2, 0.25) is 5.02 Å². The Balaban J connectivity index is 2.08. The van der Waals surface area contributed by atoms with Crippen molar-refractivity contribution in [3.8, 4) is 6.07 Å². The van der Waals surface area contributed by atoms with Crippen molar-refractivity contribution in [1.82, 2.24) is 9.21 Å². The molecule has 0 aromatic heterocycles. The Morgan fingerprint density at radius 2 is 2.00 bits per heavy atom. The van der Waals surface area contributed by atoms with Crippen LogP contribution in [0.1, 0.15) is 6.92 Å². The molecule has 1 aliphatic heterocycles. The van der Waals surface area contributed by atoms with E-state index >= 15 is 0 Å². The van der Waals surface area contributed by atoms with Crippen LogP contribution in [0.15, 0.2) is 27.6 Å². The van der Waals surface area contributed by atoms with E-state index < -0.39 is 10.0 Å². The molecule has 1 atom stereocenters. The summed E-state index contributed by atoms with van der Waals surface area (Å²) >= 11 is 9.34. The zero-order chi connectivity index (χ0) is 16.3. The number of benzene rings is 1. The van der Waals surface area contributed by atoms with Gasteiger partial charge in [0.2, 0.25) is 10.0 Å². The Labute approximate surface area is 144 Å². The van der Waals surface area contributed by atoms with E-state index in [1.54, 1.807) is 12.1 Å². The monoisotopic (exact) mass is 405 g/mol. The van der Waals surface area contributed by atoms with E-state index in [4.69, 9.17) is 16.9 Å². The molecule has 2 rings (SSSR count). The van der Waals surface area contributed by atoms with Crippen LogP contribution >= 0.6 is 27.5 Å². The fourth-order valence-electron chi connectivity index (χ4n) is 2.40. The summed E-state index contributed by atoms with van der Waals surface area (Å²) in [5, 5.41) is 9.06. The highest BCUT2D eigenvalue weighted by atomic mass is 79.9. The van der Waals surface area contributed by atoms with Gasteiger partial charge >= 0.3 is 0 Å². The van der Waals surface area contributed by atoms with Crippen LogP contribution in [0.5, 0.6) is 0 Å². The van der Waals surface area contributed by atoms with Crippen LogP contribution in [0.3, 0.4) is 0 Å². The molecule has 5 nitrogen and oxygen atoms in total. The topological polar surface area (TPSA) is 64.4 Å². The molecule has 8 heteroatoms. The molecule has 1 heterocycles. The van der Waals surface area contributed by atoms with Gasteiger partial charge in [0, 0.05) is 37.2 Å². The van der Waals surface area contributed by atoms with Crippen LogP contribution in [-0.2, 0) is 10.0 Å². The molecule has 0 aliphatic carbocycles. The van der Waals surface area contributed by atoms with Crippen LogP contribution in [0.25, 0.3) is 0 Å². The molecule has 1 aliphatic rings. The van der Waals surface area contributed by atoms with Crippen LogP contribution in [0, 0.1) is 17.2 Å². The quantitative estimate of drug-likeness (QED) is 0.771. The zero-order valence-electron chi connectivity index (χ0n) is 12.2. The third-order valence-corrected chi connectivity index (χ3v) is 6.47.